The van der Waals surface area contributed by atoms with Crippen LogP contribution in [0.15, 0.2) is 24.3 Å². The van der Waals surface area contributed by atoms with E-state index in [1.54, 1.807) is 12.1 Å². The van der Waals surface area contributed by atoms with Crippen LogP contribution in [0.1, 0.15) is 24.1 Å². The van der Waals surface area contributed by atoms with Gasteiger partial charge in [0.1, 0.15) is 6.04 Å². The van der Waals surface area contributed by atoms with E-state index in [1.807, 2.05) is 19.1 Å². The molecule has 0 radical (unpaired) electrons. The summed E-state index contributed by atoms with van der Waals surface area (Å²) in [5, 5.41) is 14.7. The molecule has 1 amide bonds. The lowest BCUT2D eigenvalue weighted by Crippen LogP contribution is -2.52. The number of hydrogen-bond acceptors (Lipinski definition) is 3. The Balaban J connectivity index is 2.18. The van der Waals surface area contributed by atoms with E-state index < -0.39 is 0 Å². The van der Waals surface area contributed by atoms with Crippen LogP contribution >= 0.6 is 0 Å². The molecule has 1 fully saturated rings. The first-order valence-electron chi connectivity index (χ1n) is 5.24. The molecule has 4 nitrogen and oxygen atoms in total. The van der Waals surface area contributed by atoms with Gasteiger partial charge in [-0.15, -0.1) is 0 Å². The Labute approximate surface area is 94.3 Å². The Morgan fingerprint density at radius 3 is 2.62 bits per heavy atom. The summed E-state index contributed by atoms with van der Waals surface area (Å²) in [5.41, 5.74) is 1.50. The molecular formula is C12H13N3O. The molecule has 16 heavy (non-hydrogen) atoms. The standard InChI is InChI=1S/C12H13N3O/c1-8-7-14-11(12(16)15-8)10-4-2-9(6-13)3-5-10/h2-5,8,11,14H,7H2,1H3,(H,15,16)/t8-,11+/m0/s1. The van der Waals surface area contributed by atoms with Gasteiger partial charge in [0, 0.05) is 12.6 Å². The van der Waals surface area contributed by atoms with Crippen molar-refractivity contribution < 1.29 is 4.79 Å². The second-order valence-corrected chi connectivity index (χ2v) is 3.98. The fraction of sp³-hybridized carbons (Fsp3) is 0.333. The van der Waals surface area contributed by atoms with Crippen LogP contribution in [0.4, 0.5) is 0 Å². The monoisotopic (exact) mass is 215 g/mol. The molecule has 1 aliphatic rings. The van der Waals surface area contributed by atoms with Crippen molar-refractivity contribution in [3.63, 3.8) is 0 Å². The predicted octanol–water partition coefficient (Wildman–Crippen LogP) is 0.707. The van der Waals surface area contributed by atoms with Gasteiger partial charge in [-0.05, 0) is 24.6 Å². The molecule has 1 aromatic carbocycles. The third-order valence-electron chi connectivity index (χ3n) is 2.65. The lowest BCUT2D eigenvalue weighted by atomic mass is 10.0. The Morgan fingerprint density at radius 2 is 2.06 bits per heavy atom. The van der Waals surface area contributed by atoms with Crippen LogP contribution < -0.4 is 10.6 Å². The number of piperazine rings is 1. The van der Waals surface area contributed by atoms with Crippen molar-refractivity contribution in [3.05, 3.63) is 35.4 Å². The maximum atomic E-state index is 11.7. The van der Waals surface area contributed by atoms with E-state index in [-0.39, 0.29) is 18.0 Å². The number of carbonyl (C=O) groups is 1. The van der Waals surface area contributed by atoms with Gasteiger partial charge in [-0.1, -0.05) is 12.1 Å². The molecule has 2 N–H and O–H groups in total. The van der Waals surface area contributed by atoms with E-state index in [0.717, 1.165) is 12.1 Å². The van der Waals surface area contributed by atoms with Crippen molar-refractivity contribution >= 4 is 5.91 Å². The SMILES string of the molecule is C[C@H]1CN[C@H](c2ccc(C#N)cc2)C(=O)N1. The minimum Gasteiger partial charge on any atom is -0.351 e. The first-order chi connectivity index (χ1) is 7.70. The van der Waals surface area contributed by atoms with Crippen LogP contribution in [0.3, 0.4) is 0 Å². The number of hydrogen-bond donors (Lipinski definition) is 2. The predicted molar refractivity (Wildman–Crippen MR) is 59.5 cm³/mol. The normalized spacial score (nSPS) is 24.6. The Kier molecular flexibility index (Phi) is 2.88. The fourth-order valence-electron chi connectivity index (χ4n) is 1.78. The molecular weight excluding hydrogens is 202 g/mol. The van der Waals surface area contributed by atoms with Gasteiger partial charge in [-0.2, -0.15) is 5.26 Å². The summed E-state index contributed by atoms with van der Waals surface area (Å²) < 4.78 is 0. The Hall–Kier alpha value is -1.86. The highest BCUT2D eigenvalue weighted by atomic mass is 16.2. The summed E-state index contributed by atoms with van der Waals surface area (Å²) in [6, 6.07) is 8.99. The number of amides is 1. The molecule has 0 bridgehead atoms. The van der Waals surface area contributed by atoms with E-state index in [4.69, 9.17) is 5.26 Å². The molecule has 1 aliphatic heterocycles. The summed E-state index contributed by atoms with van der Waals surface area (Å²) in [6.07, 6.45) is 0. The van der Waals surface area contributed by atoms with Crippen molar-refractivity contribution in [2.45, 2.75) is 19.0 Å². The highest BCUT2D eigenvalue weighted by Crippen LogP contribution is 2.16. The van der Waals surface area contributed by atoms with Crippen molar-refractivity contribution in [1.29, 1.82) is 5.26 Å². The molecule has 2 rings (SSSR count). The first kappa shape index (κ1) is 10.7. The molecule has 0 unspecified atom stereocenters. The fourth-order valence-corrected chi connectivity index (χ4v) is 1.78. The third kappa shape index (κ3) is 2.05. The zero-order valence-corrected chi connectivity index (χ0v) is 9.03. The number of nitrogens with one attached hydrogen (secondary N) is 2. The van der Waals surface area contributed by atoms with Crippen LogP contribution in [-0.2, 0) is 4.79 Å². The maximum Gasteiger partial charge on any atom is 0.241 e. The van der Waals surface area contributed by atoms with Gasteiger partial charge in [-0.25, -0.2) is 0 Å². The van der Waals surface area contributed by atoms with E-state index in [2.05, 4.69) is 16.7 Å². The smallest absolute Gasteiger partial charge is 0.241 e. The van der Waals surface area contributed by atoms with Crippen LogP contribution in [-0.4, -0.2) is 18.5 Å². The van der Waals surface area contributed by atoms with Crippen LogP contribution in [0.5, 0.6) is 0 Å². The summed E-state index contributed by atoms with van der Waals surface area (Å²) >= 11 is 0. The minimum atomic E-state index is -0.302. The molecule has 0 aromatic heterocycles. The van der Waals surface area contributed by atoms with E-state index in [0.29, 0.717) is 5.56 Å². The third-order valence-corrected chi connectivity index (χ3v) is 2.65. The highest BCUT2D eigenvalue weighted by molar-refractivity contribution is 5.84. The number of nitriles is 1. The van der Waals surface area contributed by atoms with Crippen LogP contribution in [0, 0.1) is 11.3 Å². The highest BCUT2D eigenvalue weighted by Gasteiger charge is 2.26. The molecule has 1 aromatic rings. The van der Waals surface area contributed by atoms with Gasteiger partial charge in [0.05, 0.1) is 11.6 Å². The lowest BCUT2D eigenvalue weighted by molar-refractivity contribution is -0.125. The second-order valence-electron chi connectivity index (χ2n) is 3.98. The van der Waals surface area contributed by atoms with E-state index in [9.17, 15) is 4.79 Å². The number of nitrogens with zero attached hydrogens (tertiary/aromatic N) is 1. The van der Waals surface area contributed by atoms with E-state index in [1.165, 1.54) is 0 Å². The van der Waals surface area contributed by atoms with Gasteiger partial charge >= 0.3 is 0 Å². The largest absolute Gasteiger partial charge is 0.351 e. The molecule has 4 heteroatoms. The second kappa shape index (κ2) is 4.33. The molecule has 1 heterocycles. The zero-order chi connectivity index (χ0) is 11.5. The Morgan fingerprint density at radius 1 is 1.38 bits per heavy atom. The molecule has 0 aliphatic carbocycles. The lowest BCUT2D eigenvalue weighted by Gasteiger charge is -2.28. The van der Waals surface area contributed by atoms with Crippen molar-refractivity contribution in [2.75, 3.05) is 6.54 Å². The van der Waals surface area contributed by atoms with Gasteiger partial charge in [0.15, 0.2) is 0 Å². The quantitative estimate of drug-likeness (QED) is 0.725. The van der Waals surface area contributed by atoms with Gasteiger partial charge in [-0.3, -0.25) is 4.79 Å². The number of benzene rings is 1. The van der Waals surface area contributed by atoms with Crippen molar-refractivity contribution in [1.82, 2.24) is 10.6 Å². The Bertz CT molecular complexity index is 433. The summed E-state index contributed by atoms with van der Waals surface area (Å²) in [7, 11) is 0. The van der Waals surface area contributed by atoms with Crippen LogP contribution in [0.2, 0.25) is 0 Å². The van der Waals surface area contributed by atoms with Crippen LogP contribution in [0.25, 0.3) is 0 Å². The maximum absolute atomic E-state index is 11.7. The molecule has 2 atom stereocenters. The van der Waals surface area contributed by atoms with Gasteiger partial charge in [0.25, 0.3) is 0 Å². The number of carbonyl (C=O) groups excluding carboxylic acids is 1. The average molecular weight is 215 g/mol. The summed E-state index contributed by atoms with van der Waals surface area (Å²) in [4.78, 5) is 11.7. The average Bonchev–Trinajstić information content (AvgIpc) is 2.29. The van der Waals surface area contributed by atoms with Gasteiger partial charge in [0.2, 0.25) is 5.91 Å². The van der Waals surface area contributed by atoms with Crippen molar-refractivity contribution in [2.24, 2.45) is 0 Å². The number of rotatable bonds is 1. The molecule has 82 valence electrons. The molecule has 0 saturated carbocycles. The summed E-state index contributed by atoms with van der Waals surface area (Å²) in [5.74, 6) is -0.0107. The molecule has 1 saturated heterocycles. The van der Waals surface area contributed by atoms with Crippen molar-refractivity contribution in [3.8, 4) is 6.07 Å². The minimum absolute atomic E-state index is 0.0107. The first-order valence-corrected chi connectivity index (χ1v) is 5.24. The molecule has 0 spiro atoms. The zero-order valence-electron chi connectivity index (χ0n) is 9.03. The summed E-state index contributed by atoms with van der Waals surface area (Å²) in [6.45, 7) is 2.72. The topological polar surface area (TPSA) is 64.9 Å². The van der Waals surface area contributed by atoms with Gasteiger partial charge < -0.3 is 10.6 Å². The van der Waals surface area contributed by atoms with E-state index >= 15 is 0 Å².